The van der Waals surface area contributed by atoms with Crippen molar-refractivity contribution in [2.75, 3.05) is 32.2 Å². The number of benzene rings is 2. The predicted octanol–water partition coefficient (Wildman–Crippen LogP) is 3.43. The van der Waals surface area contributed by atoms with Crippen molar-refractivity contribution in [2.24, 2.45) is 0 Å². The Morgan fingerprint density at radius 1 is 1.04 bits per heavy atom. The maximum atomic E-state index is 12.4. The number of hydrogen-bond acceptors (Lipinski definition) is 5. The maximum Gasteiger partial charge on any atom is 0.333 e. The number of carbonyl (C=O) groups excluding carboxylic acids is 1. The van der Waals surface area contributed by atoms with Crippen LogP contribution in [0.1, 0.15) is 18.5 Å². The van der Waals surface area contributed by atoms with Gasteiger partial charge >= 0.3 is 5.97 Å². The smallest absolute Gasteiger partial charge is 0.333 e. The number of carbonyl (C=O) groups is 1. The molecule has 1 unspecified atom stereocenters. The number of anilines is 1. The Kier molecular flexibility index (Phi) is 7.11. The third-order valence-electron chi connectivity index (χ3n) is 3.39. The molecule has 0 saturated heterocycles. The highest BCUT2D eigenvalue weighted by molar-refractivity contribution is 5.81. The molecule has 2 rings (SSSR count). The van der Waals surface area contributed by atoms with Crippen LogP contribution in [0.5, 0.6) is 5.75 Å². The molecule has 0 aromatic heterocycles. The summed E-state index contributed by atoms with van der Waals surface area (Å²) < 4.78 is 15.9. The minimum absolute atomic E-state index is 0.324. The molecule has 2 aromatic rings. The van der Waals surface area contributed by atoms with Gasteiger partial charge in [-0.1, -0.05) is 42.5 Å². The number of para-hydroxylation sites is 2. The number of methoxy groups -OCH3 is 1. The maximum absolute atomic E-state index is 12.4. The van der Waals surface area contributed by atoms with Crippen LogP contribution >= 0.6 is 0 Å². The average molecular weight is 329 g/mol. The van der Waals surface area contributed by atoms with Crippen LogP contribution in [0.25, 0.3) is 0 Å². The fraction of sp³-hybridized carbons (Fsp3) is 0.316. The van der Waals surface area contributed by atoms with E-state index in [0.717, 1.165) is 11.3 Å². The van der Waals surface area contributed by atoms with Gasteiger partial charge in [0, 0.05) is 7.11 Å². The standard InChI is InChI=1S/C19H23NO4/c1-3-23-19(21)18(15-9-5-4-6-10-15)20-16-11-7-8-12-17(16)24-14-13-22-2/h4-12,18,20H,3,13-14H2,1-2H3. The van der Waals surface area contributed by atoms with Crippen LogP contribution in [0.15, 0.2) is 54.6 Å². The van der Waals surface area contributed by atoms with Crippen LogP contribution in [0.3, 0.4) is 0 Å². The highest BCUT2D eigenvalue weighted by Gasteiger charge is 2.22. The van der Waals surface area contributed by atoms with Gasteiger partial charge in [-0.15, -0.1) is 0 Å². The largest absolute Gasteiger partial charge is 0.489 e. The van der Waals surface area contributed by atoms with E-state index in [1.807, 2.05) is 54.6 Å². The molecule has 0 spiro atoms. The highest BCUT2D eigenvalue weighted by Crippen LogP contribution is 2.29. The second-order valence-electron chi connectivity index (χ2n) is 5.08. The minimum atomic E-state index is -0.599. The van der Waals surface area contributed by atoms with Gasteiger partial charge in [-0.25, -0.2) is 4.79 Å². The molecular weight excluding hydrogens is 306 g/mol. The molecule has 1 atom stereocenters. The fourth-order valence-electron chi connectivity index (χ4n) is 2.25. The first-order valence-corrected chi connectivity index (χ1v) is 7.95. The summed E-state index contributed by atoms with van der Waals surface area (Å²) in [5.74, 6) is 0.343. The molecule has 0 radical (unpaired) electrons. The summed E-state index contributed by atoms with van der Waals surface area (Å²) in [6, 6.07) is 16.4. The molecule has 1 N–H and O–H groups in total. The van der Waals surface area contributed by atoms with Gasteiger partial charge in [0.25, 0.3) is 0 Å². The van der Waals surface area contributed by atoms with Gasteiger partial charge in [0.2, 0.25) is 0 Å². The lowest BCUT2D eigenvalue weighted by Gasteiger charge is -2.20. The topological polar surface area (TPSA) is 56.8 Å². The van der Waals surface area contributed by atoms with Gasteiger partial charge in [0.15, 0.2) is 6.04 Å². The molecule has 0 aliphatic rings. The van der Waals surface area contributed by atoms with Gasteiger partial charge in [-0.05, 0) is 24.6 Å². The molecule has 0 amide bonds. The van der Waals surface area contributed by atoms with Crippen molar-refractivity contribution in [3.8, 4) is 5.75 Å². The zero-order valence-corrected chi connectivity index (χ0v) is 14.0. The number of rotatable bonds is 9. The lowest BCUT2D eigenvalue weighted by Crippen LogP contribution is -2.23. The molecule has 5 nitrogen and oxygen atoms in total. The molecule has 128 valence electrons. The Balaban J connectivity index is 2.22. The first-order chi connectivity index (χ1) is 11.8. The van der Waals surface area contributed by atoms with E-state index >= 15 is 0 Å². The van der Waals surface area contributed by atoms with Crippen LogP contribution < -0.4 is 10.1 Å². The molecule has 0 aliphatic heterocycles. The van der Waals surface area contributed by atoms with E-state index in [0.29, 0.717) is 25.6 Å². The van der Waals surface area contributed by atoms with E-state index in [4.69, 9.17) is 14.2 Å². The van der Waals surface area contributed by atoms with E-state index in [-0.39, 0.29) is 5.97 Å². The van der Waals surface area contributed by atoms with E-state index in [2.05, 4.69) is 5.32 Å². The molecule has 0 bridgehead atoms. The number of nitrogens with one attached hydrogen (secondary N) is 1. The Bertz CT molecular complexity index is 630. The summed E-state index contributed by atoms with van der Waals surface area (Å²) >= 11 is 0. The molecule has 0 heterocycles. The van der Waals surface area contributed by atoms with Crippen molar-refractivity contribution in [1.82, 2.24) is 0 Å². The van der Waals surface area contributed by atoms with Gasteiger partial charge in [0.1, 0.15) is 12.4 Å². The SMILES string of the molecule is CCOC(=O)C(Nc1ccccc1OCCOC)c1ccccc1. The van der Waals surface area contributed by atoms with Crippen LogP contribution in [-0.4, -0.2) is 32.9 Å². The Morgan fingerprint density at radius 3 is 2.46 bits per heavy atom. The molecule has 0 fully saturated rings. The molecule has 0 saturated carbocycles. The van der Waals surface area contributed by atoms with Crippen molar-refractivity contribution in [1.29, 1.82) is 0 Å². The summed E-state index contributed by atoms with van der Waals surface area (Å²) in [6.45, 7) is 3.05. The van der Waals surface area contributed by atoms with Gasteiger partial charge in [0.05, 0.1) is 18.9 Å². The fourth-order valence-corrected chi connectivity index (χ4v) is 2.25. The van der Waals surface area contributed by atoms with Crippen molar-refractivity contribution < 1.29 is 19.0 Å². The zero-order valence-electron chi connectivity index (χ0n) is 14.0. The Morgan fingerprint density at radius 2 is 1.75 bits per heavy atom. The van der Waals surface area contributed by atoms with Crippen LogP contribution in [0.2, 0.25) is 0 Å². The average Bonchev–Trinajstić information content (AvgIpc) is 2.62. The summed E-state index contributed by atoms with van der Waals surface area (Å²) in [7, 11) is 1.62. The van der Waals surface area contributed by atoms with E-state index < -0.39 is 6.04 Å². The normalized spacial score (nSPS) is 11.6. The number of hydrogen-bond donors (Lipinski definition) is 1. The Hall–Kier alpha value is -2.53. The summed E-state index contributed by atoms with van der Waals surface area (Å²) in [4.78, 5) is 12.4. The second-order valence-corrected chi connectivity index (χ2v) is 5.08. The van der Waals surface area contributed by atoms with Crippen molar-refractivity contribution in [2.45, 2.75) is 13.0 Å². The number of ether oxygens (including phenoxy) is 3. The molecule has 5 heteroatoms. The third kappa shape index (κ3) is 4.99. The zero-order chi connectivity index (χ0) is 17.2. The second kappa shape index (κ2) is 9.57. The molecular formula is C19H23NO4. The van der Waals surface area contributed by atoms with Gasteiger partial charge < -0.3 is 19.5 Å². The van der Waals surface area contributed by atoms with Crippen LogP contribution in [0, 0.1) is 0 Å². The van der Waals surface area contributed by atoms with E-state index in [1.54, 1.807) is 14.0 Å². The van der Waals surface area contributed by atoms with E-state index in [1.165, 1.54) is 0 Å². The van der Waals surface area contributed by atoms with Crippen LogP contribution in [0.4, 0.5) is 5.69 Å². The molecule has 0 aliphatic carbocycles. The van der Waals surface area contributed by atoms with Crippen molar-refractivity contribution in [3.63, 3.8) is 0 Å². The Labute approximate surface area is 142 Å². The van der Waals surface area contributed by atoms with Crippen molar-refractivity contribution in [3.05, 3.63) is 60.2 Å². The third-order valence-corrected chi connectivity index (χ3v) is 3.39. The number of esters is 1. The van der Waals surface area contributed by atoms with Crippen molar-refractivity contribution >= 4 is 11.7 Å². The first kappa shape index (κ1) is 17.8. The van der Waals surface area contributed by atoms with E-state index in [9.17, 15) is 4.79 Å². The quantitative estimate of drug-likeness (QED) is 0.564. The summed E-state index contributed by atoms with van der Waals surface area (Å²) in [5.41, 5.74) is 1.57. The van der Waals surface area contributed by atoms with Gasteiger partial charge in [-0.3, -0.25) is 0 Å². The van der Waals surface area contributed by atoms with Crippen LogP contribution in [-0.2, 0) is 14.3 Å². The molecule has 24 heavy (non-hydrogen) atoms. The summed E-state index contributed by atoms with van der Waals surface area (Å²) in [5, 5.41) is 3.24. The monoisotopic (exact) mass is 329 g/mol. The molecule has 2 aromatic carbocycles. The lowest BCUT2D eigenvalue weighted by atomic mass is 10.1. The minimum Gasteiger partial charge on any atom is -0.489 e. The first-order valence-electron chi connectivity index (χ1n) is 7.95. The van der Waals surface area contributed by atoms with Gasteiger partial charge in [-0.2, -0.15) is 0 Å². The predicted molar refractivity (Wildman–Crippen MR) is 93.3 cm³/mol. The lowest BCUT2D eigenvalue weighted by molar-refractivity contribution is -0.144. The summed E-state index contributed by atoms with van der Waals surface area (Å²) in [6.07, 6.45) is 0. The highest BCUT2D eigenvalue weighted by atomic mass is 16.5.